The highest BCUT2D eigenvalue weighted by Gasteiger charge is 2.33. The Balaban J connectivity index is 1.82. The van der Waals surface area contributed by atoms with Gasteiger partial charge in [0, 0.05) is 11.1 Å². The van der Waals surface area contributed by atoms with Crippen molar-refractivity contribution in [2.75, 3.05) is 0 Å². The van der Waals surface area contributed by atoms with Gasteiger partial charge in [-0.05, 0) is 19.4 Å². The first-order valence-electron chi connectivity index (χ1n) is 7.84. The predicted molar refractivity (Wildman–Crippen MR) is 95.8 cm³/mol. The van der Waals surface area contributed by atoms with Crippen LogP contribution in [0.2, 0.25) is 0 Å². The summed E-state index contributed by atoms with van der Waals surface area (Å²) < 4.78 is 14.9. The first-order chi connectivity index (χ1) is 11.9. The van der Waals surface area contributed by atoms with E-state index in [9.17, 15) is 4.39 Å². The smallest absolute Gasteiger partial charge is 0.226 e. The second-order valence-electron chi connectivity index (χ2n) is 6.15. The third kappa shape index (κ3) is 3.46. The Bertz CT molecular complexity index is 833. The summed E-state index contributed by atoms with van der Waals surface area (Å²) in [5.74, 6) is -0.168. The molecule has 0 saturated carbocycles. The second-order valence-corrected chi connectivity index (χ2v) is 6.15. The highest BCUT2D eigenvalue weighted by atomic mass is 19.1. The summed E-state index contributed by atoms with van der Waals surface area (Å²) in [7, 11) is 0. The fourth-order valence-corrected chi connectivity index (χ4v) is 2.68. The maximum atomic E-state index is 14.9. The summed E-state index contributed by atoms with van der Waals surface area (Å²) in [5, 5.41) is 1.33. The number of rotatable bonds is 4. The Hall–Kier alpha value is -2.93. The Morgan fingerprint density at radius 3 is 2.48 bits per heavy atom. The minimum atomic E-state index is -0.830. The van der Waals surface area contributed by atoms with Crippen molar-refractivity contribution in [1.82, 2.24) is 5.06 Å². The normalized spacial score (nSPS) is 16.4. The summed E-state index contributed by atoms with van der Waals surface area (Å²) in [6, 6.07) is 14.5. The molecule has 25 heavy (non-hydrogen) atoms. The molecule has 1 aliphatic heterocycles. The SMILES string of the molecule is CC1(C)N=C(N)N=C(N)N1OCc1cccc(-c2ccccc2)c1F. The van der Waals surface area contributed by atoms with Gasteiger partial charge < -0.3 is 11.5 Å². The molecule has 0 fully saturated rings. The molecule has 0 spiro atoms. The molecule has 0 aromatic heterocycles. The summed E-state index contributed by atoms with van der Waals surface area (Å²) >= 11 is 0. The Morgan fingerprint density at radius 1 is 1.08 bits per heavy atom. The molecule has 0 bridgehead atoms. The van der Waals surface area contributed by atoms with Crippen LogP contribution >= 0.6 is 0 Å². The Labute approximate surface area is 145 Å². The molecule has 1 heterocycles. The van der Waals surface area contributed by atoms with Crippen LogP contribution in [0.15, 0.2) is 58.5 Å². The average molecular weight is 341 g/mol. The van der Waals surface area contributed by atoms with Gasteiger partial charge in [-0.2, -0.15) is 10.1 Å². The maximum absolute atomic E-state index is 14.9. The maximum Gasteiger partial charge on any atom is 0.226 e. The lowest BCUT2D eigenvalue weighted by Gasteiger charge is -2.36. The van der Waals surface area contributed by atoms with E-state index >= 15 is 0 Å². The second kappa shape index (κ2) is 6.52. The molecule has 6 nitrogen and oxygen atoms in total. The Kier molecular flexibility index (Phi) is 4.41. The van der Waals surface area contributed by atoms with Gasteiger partial charge >= 0.3 is 0 Å². The lowest BCUT2D eigenvalue weighted by atomic mass is 10.0. The van der Waals surface area contributed by atoms with Crippen molar-refractivity contribution >= 4 is 11.9 Å². The van der Waals surface area contributed by atoms with E-state index in [0.29, 0.717) is 11.1 Å². The molecule has 7 heteroatoms. The lowest BCUT2D eigenvalue weighted by molar-refractivity contribution is -0.167. The monoisotopic (exact) mass is 341 g/mol. The van der Waals surface area contributed by atoms with Crippen LogP contribution in [-0.4, -0.2) is 22.6 Å². The van der Waals surface area contributed by atoms with E-state index in [0.717, 1.165) is 5.56 Å². The topological polar surface area (TPSA) is 89.2 Å². The number of benzene rings is 2. The minimum absolute atomic E-state index is 0.0123. The van der Waals surface area contributed by atoms with Crippen LogP contribution in [0, 0.1) is 5.82 Å². The van der Waals surface area contributed by atoms with E-state index in [4.69, 9.17) is 16.3 Å². The molecule has 0 aliphatic carbocycles. The number of halogens is 1. The standard InChI is InChI=1S/C18H20FN5O/c1-18(2)23-16(20)22-17(21)24(18)25-11-13-9-6-10-14(15(13)19)12-7-4-3-5-8-12/h3-10H,11H2,1-2H3,(H4,20,21,22,23). The average Bonchev–Trinajstić information content (AvgIpc) is 2.55. The molecule has 1 aliphatic rings. The van der Waals surface area contributed by atoms with Gasteiger partial charge in [0.2, 0.25) is 11.9 Å². The molecule has 4 N–H and O–H groups in total. The molecular formula is C18H20FN5O. The molecule has 0 radical (unpaired) electrons. The van der Waals surface area contributed by atoms with E-state index in [1.54, 1.807) is 32.0 Å². The predicted octanol–water partition coefficient (Wildman–Crippen LogP) is 2.61. The number of guanidine groups is 2. The van der Waals surface area contributed by atoms with Crippen LogP contribution in [-0.2, 0) is 11.4 Å². The van der Waals surface area contributed by atoms with Crippen molar-refractivity contribution < 1.29 is 9.23 Å². The van der Waals surface area contributed by atoms with Crippen molar-refractivity contribution in [3.05, 3.63) is 59.9 Å². The summed E-state index contributed by atoms with van der Waals surface area (Å²) in [6.45, 7) is 3.54. The van der Waals surface area contributed by atoms with Gasteiger partial charge in [-0.25, -0.2) is 9.38 Å². The van der Waals surface area contributed by atoms with Crippen LogP contribution in [0.25, 0.3) is 11.1 Å². The zero-order valence-corrected chi connectivity index (χ0v) is 14.1. The van der Waals surface area contributed by atoms with Crippen molar-refractivity contribution in [2.24, 2.45) is 21.5 Å². The van der Waals surface area contributed by atoms with Gasteiger partial charge in [0.1, 0.15) is 12.4 Å². The van der Waals surface area contributed by atoms with Crippen LogP contribution in [0.5, 0.6) is 0 Å². The van der Waals surface area contributed by atoms with Gasteiger partial charge in [0.15, 0.2) is 5.66 Å². The summed E-state index contributed by atoms with van der Waals surface area (Å²) in [5.41, 5.74) is 12.4. The Morgan fingerprint density at radius 2 is 1.80 bits per heavy atom. The fraction of sp³-hybridized carbons (Fsp3) is 0.222. The quantitative estimate of drug-likeness (QED) is 0.894. The minimum Gasteiger partial charge on any atom is -0.368 e. The van der Waals surface area contributed by atoms with Crippen molar-refractivity contribution in [3.63, 3.8) is 0 Å². The van der Waals surface area contributed by atoms with E-state index < -0.39 is 5.66 Å². The molecule has 0 atom stereocenters. The molecular weight excluding hydrogens is 321 g/mol. The molecule has 0 amide bonds. The number of aliphatic imine (C=N–C) groups is 2. The van der Waals surface area contributed by atoms with Crippen LogP contribution in [0.4, 0.5) is 4.39 Å². The molecule has 3 rings (SSSR count). The molecule has 2 aromatic carbocycles. The first kappa shape index (κ1) is 16.9. The third-order valence-electron chi connectivity index (χ3n) is 3.83. The highest BCUT2D eigenvalue weighted by Crippen LogP contribution is 2.26. The van der Waals surface area contributed by atoms with Gasteiger partial charge in [0.05, 0.1) is 0 Å². The first-order valence-corrected chi connectivity index (χ1v) is 7.84. The largest absolute Gasteiger partial charge is 0.368 e. The van der Waals surface area contributed by atoms with Crippen molar-refractivity contribution in [2.45, 2.75) is 26.1 Å². The number of hydrogen-bond acceptors (Lipinski definition) is 6. The van der Waals surface area contributed by atoms with Crippen molar-refractivity contribution in [1.29, 1.82) is 0 Å². The van der Waals surface area contributed by atoms with Crippen LogP contribution in [0.1, 0.15) is 19.4 Å². The van der Waals surface area contributed by atoms with E-state index in [-0.39, 0.29) is 24.3 Å². The number of hydroxylamine groups is 2. The number of nitrogens with zero attached hydrogens (tertiary/aromatic N) is 3. The fourth-order valence-electron chi connectivity index (χ4n) is 2.68. The molecule has 0 saturated heterocycles. The van der Waals surface area contributed by atoms with Gasteiger partial charge in [-0.15, -0.1) is 0 Å². The number of hydrogen-bond donors (Lipinski definition) is 2. The lowest BCUT2D eigenvalue weighted by Crippen LogP contribution is -2.53. The van der Waals surface area contributed by atoms with Crippen molar-refractivity contribution in [3.8, 4) is 11.1 Å². The zero-order chi connectivity index (χ0) is 18.0. The zero-order valence-electron chi connectivity index (χ0n) is 14.1. The van der Waals surface area contributed by atoms with E-state index in [1.807, 2.05) is 30.3 Å². The molecule has 0 unspecified atom stereocenters. The van der Waals surface area contributed by atoms with Gasteiger partial charge in [-0.1, -0.05) is 48.5 Å². The van der Waals surface area contributed by atoms with Crippen LogP contribution in [0.3, 0.4) is 0 Å². The molecule has 2 aromatic rings. The van der Waals surface area contributed by atoms with Crippen LogP contribution < -0.4 is 11.5 Å². The van der Waals surface area contributed by atoms with Gasteiger partial charge in [-0.3, -0.25) is 4.84 Å². The molecule has 130 valence electrons. The highest BCUT2D eigenvalue weighted by molar-refractivity contribution is 5.95. The third-order valence-corrected chi connectivity index (χ3v) is 3.83. The number of nitrogens with two attached hydrogens (primary N) is 2. The summed E-state index contributed by atoms with van der Waals surface area (Å²) in [6.07, 6.45) is 0. The van der Waals surface area contributed by atoms with E-state index in [1.165, 1.54) is 5.06 Å². The summed E-state index contributed by atoms with van der Waals surface area (Å²) in [4.78, 5) is 13.8. The van der Waals surface area contributed by atoms with E-state index in [2.05, 4.69) is 9.98 Å². The van der Waals surface area contributed by atoms with Gasteiger partial charge in [0.25, 0.3) is 0 Å².